The Morgan fingerprint density at radius 2 is 1.83 bits per heavy atom. The van der Waals surface area contributed by atoms with E-state index in [2.05, 4.69) is 55.5 Å². The minimum atomic E-state index is 0.681. The maximum atomic E-state index is 5.61. The van der Waals surface area contributed by atoms with Gasteiger partial charge in [0, 0.05) is 15.8 Å². The highest BCUT2D eigenvalue weighted by atomic mass is 32.1. The lowest BCUT2D eigenvalue weighted by Crippen LogP contribution is -2.08. The summed E-state index contributed by atoms with van der Waals surface area (Å²) in [5.74, 6) is 1.67. The monoisotopic (exact) mass is 399 g/mol. The smallest absolute Gasteiger partial charge is 0.125 e. The Bertz CT molecular complexity index is 1150. The van der Waals surface area contributed by atoms with Crippen LogP contribution < -0.4 is 4.74 Å². The molecule has 1 aliphatic rings. The fourth-order valence-corrected chi connectivity index (χ4v) is 5.73. The largest absolute Gasteiger partial charge is 0.494 e. The van der Waals surface area contributed by atoms with E-state index in [1.54, 1.807) is 0 Å². The number of fused-ring (bicyclic) bond motifs is 3. The first-order valence-corrected chi connectivity index (χ1v) is 11.3. The van der Waals surface area contributed by atoms with Crippen molar-refractivity contribution in [2.75, 3.05) is 6.61 Å². The number of ether oxygens (including phenoxy) is 1. The van der Waals surface area contributed by atoms with Crippen LogP contribution in [0.15, 0.2) is 60.7 Å². The predicted molar refractivity (Wildman–Crippen MR) is 123 cm³/mol. The molecule has 146 valence electrons. The summed E-state index contributed by atoms with van der Waals surface area (Å²) < 4.78 is 5.61. The van der Waals surface area contributed by atoms with Crippen LogP contribution in [0.1, 0.15) is 30.7 Å². The molecule has 2 heterocycles. The minimum absolute atomic E-state index is 0.681. The molecule has 1 unspecified atom stereocenters. The second-order valence-electron chi connectivity index (χ2n) is 7.91. The molecule has 0 radical (unpaired) electrons. The summed E-state index contributed by atoms with van der Waals surface area (Å²) in [4.78, 5) is 7.82. The normalized spacial score (nSPS) is 16.0. The zero-order chi connectivity index (χ0) is 19.8. The van der Waals surface area contributed by atoms with Gasteiger partial charge in [-0.1, -0.05) is 37.3 Å². The average Bonchev–Trinajstić information content (AvgIpc) is 3.12. The zero-order valence-electron chi connectivity index (χ0n) is 16.9. The van der Waals surface area contributed by atoms with Crippen molar-refractivity contribution in [3.63, 3.8) is 0 Å². The third-order valence-electron chi connectivity index (χ3n) is 5.81. The van der Waals surface area contributed by atoms with Crippen molar-refractivity contribution in [3.05, 3.63) is 71.1 Å². The Labute approximate surface area is 176 Å². The third kappa shape index (κ3) is 3.44. The summed E-state index contributed by atoms with van der Waals surface area (Å²) in [6.45, 7) is 5.06. The Hall–Kier alpha value is -2.65. The van der Waals surface area contributed by atoms with Crippen LogP contribution in [0.4, 0.5) is 0 Å². The molecule has 2 nitrogen and oxygen atoms in total. The van der Waals surface area contributed by atoms with Gasteiger partial charge >= 0.3 is 0 Å². The van der Waals surface area contributed by atoms with Gasteiger partial charge in [-0.15, -0.1) is 11.3 Å². The molecule has 0 aliphatic heterocycles. The molecule has 0 amide bonds. The van der Waals surface area contributed by atoms with Crippen LogP contribution in [0, 0.1) is 5.92 Å². The summed E-state index contributed by atoms with van der Waals surface area (Å²) >= 11 is 1.90. The summed E-state index contributed by atoms with van der Waals surface area (Å²) in [5, 5.41) is 1.37. The first-order chi connectivity index (χ1) is 14.2. The number of rotatable bonds is 4. The molecule has 0 fully saturated rings. The lowest BCUT2D eigenvalue weighted by molar-refractivity contribution is 0.340. The van der Waals surface area contributed by atoms with E-state index in [9.17, 15) is 0 Å². The quantitative estimate of drug-likeness (QED) is 0.363. The number of hydrogen-bond acceptors (Lipinski definition) is 3. The van der Waals surface area contributed by atoms with Crippen molar-refractivity contribution >= 4 is 21.6 Å². The van der Waals surface area contributed by atoms with Crippen molar-refractivity contribution in [1.82, 2.24) is 4.98 Å². The summed E-state index contributed by atoms with van der Waals surface area (Å²) in [7, 11) is 0. The fourth-order valence-electron chi connectivity index (χ4n) is 4.33. The molecule has 4 aromatic rings. The van der Waals surface area contributed by atoms with Crippen molar-refractivity contribution in [2.24, 2.45) is 5.92 Å². The molecule has 0 saturated carbocycles. The van der Waals surface area contributed by atoms with Crippen LogP contribution in [-0.2, 0) is 12.8 Å². The van der Waals surface area contributed by atoms with Crippen molar-refractivity contribution < 1.29 is 4.74 Å². The number of nitrogens with zero attached hydrogens (tertiary/aromatic N) is 1. The highest BCUT2D eigenvalue weighted by molar-refractivity contribution is 7.19. The number of pyridine rings is 1. The second kappa shape index (κ2) is 7.64. The van der Waals surface area contributed by atoms with E-state index >= 15 is 0 Å². The van der Waals surface area contributed by atoms with Crippen LogP contribution in [0.25, 0.3) is 32.6 Å². The molecular weight excluding hydrogens is 374 g/mol. The molecule has 0 saturated heterocycles. The molecule has 5 rings (SSSR count). The Morgan fingerprint density at radius 3 is 2.59 bits per heavy atom. The molecule has 3 heteroatoms. The molecule has 0 spiro atoms. The maximum absolute atomic E-state index is 5.61. The minimum Gasteiger partial charge on any atom is -0.494 e. The first-order valence-electron chi connectivity index (χ1n) is 10.5. The number of hydrogen-bond donors (Lipinski definition) is 0. The van der Waals surface area contributed by atoms with E-state index in [0.29, 0.717) is 6.61 Å². The van der Waals surface area contributed by atoms with Crippen LogP contribution >= 0.6 is 11.3 Å². The molecule has 29 heavy (non-hydrogen) atoms. The summed E-state index contributed by atoms with van der Waals surface area (Å²) in [6.07, 6.45) is 3.62. The summed E-state index contributed by atoms with van der Waals surface area (Å²) in [6, 6.07) is 21.3. The molecule has 2 aromatic heterocycles. The fraction of sp³-hybridized carbons (Fsp3) is 0.269. The Kier molecular flexibility index (Phi) is 4.84. The van der Waals surface area contributed by atoms with Gasteiger partial charge in [0.15, 0.2) is 0 Å². The second-order valence-corrected chi connectivity index (χ2v) is 8.99. The molecule has 1 aliphatic carbocycles. The molecule has 2 aromatic carbocycles. The third-order valence-corrected chi connectivity index (χ3v) is 6.96. The zero-order valence-corrected chi connectivity index (χ0v) is 17.8. The lowest BCUT2D eigenvalue weighted by atomic mass is 9.87. The van der Waals surface area contributed by atoms with Crippen LogP contribution in [0.5, 0.6) is 5.75 Å². The van der Waals surface area contributed by atoms with E-state index in [0.717, 1.165) is 22.9 Å². The van der Waals surface area contributed by atoms with E-state index in [-0.39, 0.29) is 0 Å². The van der Waals surface area contributed by atoms with Gasteiger partial charge in [-0.3, -0.25) is 0 Å². The number of thiophene rings is 1. The van der Waals surface area contributed by atoms with Gasteiger partial charge in [0.2, 0.25) is 0 Å². The van der Waals surface area contributed by atoms with Crippen molar-refractivity contribution in [3.8, 4) is 28.1 Å². The molecule has 1 atom stereocenters. The van der Waals surface area contributed by atoms with Gasteiger partial charge in [0.25, 0.3) is 0 Å². The van der Waals surface area contributed by atoms with Gasteiger partial charge in [-0.2, -0.15) is 0 Å². The number of benzene rings is 2. The average molecular weight is 400 g/mol. The standard InChI is InChI=1S/C26H25NOS/c1-3-28-20-12-10-19(11-13-20)23-16-22(18-7-5-4-6-8-18)25-21-14-9-17(2)15-24(21)29-26(25)27-23/h4-8,10-13,16-17H,3,9,14-15H2,1-2H3. The van der Waals surface area contributed by atoms with E-state index in [1.807, 2.05) is 30.4 Å². The van der Waals surface area contributed by atoms with Crippen molar-refractivity contribution in [2.45, 2.75) is 33.1 Å². The van der Waals surface area contributed by atoms with E-state index in [1.165, 1.54) is 51.0 Å². The molecular formula is C26H25NOS. The molecule has 0 N–H and O–H groups in total. The Morgan fingerprint density at radius 1 is 1.03 bits per heavy atom. The van der Waals surface area contributed by atoms with Gasteiger partial charge in [-0.25, -0.2) is 4.98 Å². The first kappa shape index (κ1) is 18.4. The van der Waals surface area contributed by atoms with Crippen LogP contribution in [0.3, 0.4) is 0 Å². The van der Waals surface area contributed by atoms with Crippen molar-refractivity contribution in [1.29, 1.82) is 0 Å². The SMILES string of the molecule is CCOc1ccc(-c2cc(-c3ccccc3)c3c4c(sc3n2)CC(C)CC4)cc1. The highest BCUT2D eigenvalue weighted by Crippen LogP contribution is 2.43. The van der Waals surface area contributed by atoms with Crippen LogP contribution in [-0.4, -0.2) is 11.6 Å². The van der Waals surface area contributed by atoms with E-state index in [4.69, 9.17) is 9.72 Å². The number of aryl methyl sites for hydroxylation is 1. The topological polar surface area (TPSA) is 22.1 Å². The number of aromatic nitrogens is 1. The van der Waals surface area contributed by atoms with Gasteiger partial charge in [0.05, 0.1) is 12.3 Å². The van der Waals surface area contributed by atoms with Gasteiger partial charge in [-0.05, 0) is 79.1 Å². The van der Waals surface area contributed by atoms with Crippen LogP contribution in [0.2, 0.25) is 0 Å². The molecule has 0 bridgehead atoms. The summed E-state index contributed by atoms with van der Waals surface area (Å²) in [5.41, 5.74) is 6.28. The van der Waals surface area contributed by atoms with Gasteiger partial charge in [0.1, 0.15) is 10.6 Å². The van der Waals surface area contributed by atoms with Gasteiger partial charge < -0.3 is 4.74 Å². The Balaban J connectivity index is 1.70. The van der Waals surface area contributed by atoms with E-state index < -0.39 is 0 Å². The lowest BCUT2D eigenvalue weighted by Gasteiger charge is -2.18. The predicted octanol–water partition coefficient (Wildman–Crippen LogP) is 7.15. The highest BCUT2D eigenvalue weighted by Gasteiger charge is 2.23. The maximum Gasteiger partial charge on any atom is 0.125 e.